The molecule has 0 atom stereocenters. The molecule has 0 radical (unpaired) electrons. The smallest absolute Gasteiger partial charge is 0.221 e. The first-order chi connectivity index (χ1) is 10.3. The Hall–Kier alpha value is -0.640. The third-order valence-corrected chi connectivity index (χ3v) is 5.49. The molecule has 3 rings (SSSR count). The summed E-state index contributed by atoms with van der Waals surface area (Å²) in [4.78, 5) is 11.3. The van der Waals surface area contributed by atoms with Gasteiger partial charge in [-0.05, 0) is 28.8 Å². The van der Waals surface area contributed by atoms with Crippen molar-refractivity contribution in [2.75, 3.05) is 5.32 Å². The third kappa shape index (κ3) is 2.47. The third-order valence-electron chi connectivity index (χ3n) is 3.50. The molecule has 0 fully saturated rings. The first-order valence-corrected chi connectivity index (χ1v) is 8.15. The highest BCUT2D eigenvalue weighted by Crippen LogP contribution is 2.52. The lowest BCUT2D eigenvalue weighted by molar-refractivity contribution is -0.114. The largest absolute Gasteiger partial charge is 0.324 e. The van der Waals surface area contributed by atoms with E-state index < -0.39 is 0 Å². The molecule has 2 nitrogen and oxygen atoms in total. The summed E-state index contributed by atoms with van der Waals surface area (Å²) in [6.45, 7) is 1.38. The van der Waals surface area contributed by atoms with Gasteiger partial charge in [-0.2, -0.15) is 0 Å². The monoisotopic (exact) mass is 393 g/mol. The van der Waals surface area contributed by atoms with Gasteiger partial charge in [0.15, 0.2) is 0 Å². The molecule has 0 spiro atoms. The molecule has 1 amide bonds. The Morgan fingerprint density at radius 3 is 2.27 bits per heavy atom. The molecule has 1 aliphatic carbocycles. The predicted molar refractivity (Wildman–Crippen MR) is 94.0 cm³/mol. The quantitative estimate of drug-likeness (QED) is 0.469. The lowest BCUT2D eigenvalue weighted by Gasteiger charge is -2.14. The van der Waals surface area contributed by atoms with Crippen molar-refractivity contribution >= 4 is 69.6 Å². The van der Waals surface area contributed by atoms with Crippen LogP contribution in [0.25, 0.3) is 11.1 Å². The molecule has 2 aromatic rings. The van der Waals surface area contributed by atoms with Crippen LogP contribution >= 0.6 is 58.0 Å². The topological polar surface area (TPSA) is 29.1 Å². The van der Waals surface area contributed by atoms with Crippen LogP contribution in [0.3, 0.4) is 0 Å². The lowest BCUT2D eigenvalue weighted by atomic mass is 10.0. The molecule has 0 saturated carbocycles. The number of amides is 1. The second kappa shape index (κ2) is 5.77. The predicted octanol–water partition coefficient (Wildman–Crippen LogP) is 6.48. The summed E-state index contributed by atoms with van der Waals surface area (Å²) in [6, 6.07) is 3.54. The van der Waals surface area contributed by atoms with Gasteiger partial charge in [-0.25, -0.2) is 0 Å². The highest BCUT2D eigenvalue weighted by Gasteiger charge is 2.29. The molecule has 114 valence electrons. The lowest BCUT2D eigenvalue weighted by Crippen LogP contribution is -2.08. The van der Waals surface area contributed by atoms with Gasteiger partial charge in [0.05, 0.1) is 30.8 Å². The molecule has 0 heterocycles. The number of rotatable bonds is 1. The second-order valence-corrected chi connectivity index (χ2v) is 6.90. The highest BCUT2D eigenvalue weighted by atomic mass is 35.5. The van der Waals surface area contributed by atoms with Crippen molar-refractivity contribution in [1.29, 1.82) is 0 Å². The molecular weight excluding hydrogens is 387 g/mol. The summed E-state index contributed by atoms with van der Waals surface area (Å²) in [5.74, 6) is -0.276. The Kier molecular flexibility index (Phi) is 4.26. The number of benzene rings is 2. The van der Waals surface area contributed by atoms with E-state index in [1.165, 1.54) is 6.92 Å². The average Bonchev–Trinajstić information content (AvgIpc) is 2.80. The van der Waals surface area contributed by atoms with Crippen molar-refractivity contribution in [2.24, 2.45) is 0 Å². The first-order valence-electron chi connectivity index (χ1n) is 6.26. The molecule has 0 unspecified atom stereocenters. The standard InChI is InChI=1S/C15H8Cl5NO/c1-5(22)21-15-12(18)8-2-6-3-9(16)10(17)4-7(6)11(8)13(19)14(15)20/h3-4H,2H2,1H3,(H,21,22). The van der Waals surface area contributed by atoms with E-state index in [0.717, 1.165) is 22.3 Å². The van der Waals surface area contributed by atoms with Crippen LogP contribution in [-0.2, 0) is 11.2 Å². The van der Waals surface area contributed by atoms with E-state index in [1.807, 2.05) is 0 Å². The SMILES string of the molecule is CC(=O)Nc1c(Cl)c(Cl)c2c(c1Cl)Cc1cc(Cl)c(Cl)cc1-2. The van der Waals surface area contributed by atoms with Gasteiger partial charge < -0.3 is 5.32 Å². The van der Waals surface area contributed by atoms with Crippen LogP contribution in [0.5, 0.6) is 0 Å². The molecule has 0 saturated heterocycles. The fourth-order valence-corrected chi connectivity index (χ4v) is 3.85. The second-order valence-electron chi connectivity index (χ2n) is 4.95. The fraction of sp³-hybridized carbons (Fsp3) is 0.133. The summed E-state index contributed by atoms with van der Waals surface area (Å²) in [7, 11) is 0. The van der Waals surface area contributed by atoms with Crippen LogP contribution in [-0.4, -0.2) is 5.91 Å². The van der Waals surface area contributed by atoms with Gasteiger partial charge in [-0.1, -0.05) is 58.0 Å². The van der Waals surface area contributed by atoms with Gasteiger partial charge in [-0.15, -0.1) is 0 Å². The normalized spacial score (nSPS) is 12.1. The minimum atomic E-state index is -0.276. The zero-order chi connectivity index (χ0) is 16.2. The zero-order valence-electron chi connectivity index (χ0n) is 11.2. The summed E-state index contributed by atoms with van der Waals surface area (Å²) in [6.07, 6.45) is 0.545. The molecule has 0 bridgehead atoms. The molecule has 0 aliphatic heterocycles. The van der Waals surface area contributed by atoms with Crippen LogP contribution in [0.15, 0.2) is 12.1 Å². The number of hydrogen-bond acceptors (Lipinski definition) is 1. The Morgan fingerprint density at radius 2 is 1.64 bits per heavy atom. The Balaban J connectivity index is 2.29. The summed E-state index contributed by atoms with van der Waals surface area (Å²) >= 11 is 31.3. The Bertz CT molecular complexity index is 832. The van der Waals surface area contributed by atoms with Gasteiger partial charge in [0.2, 0.25) is 5.91 Å². The van der Waals surface area contributed by atoms with Crippen LogP contribution in [0.4, 0.5) is 5.69 Å². The molecule has 7 heteroatoms. The summed E-state index contributed by atoms with van der Waals surface area (Å²) in [5.41, 5.74) is 3.67. The molecule has 1 aliphatic rings. The minimum Gasteiger partial charge on any atom is -0.324 e. The molecule has 1 N–H and O–H groups in total. The van der Waals surface area contributed by atoms with E-state index in [0.29, 0.717) is 32.2 Å². The number of hydrogen-bond donors (Lipinski definition) is 1. The number of carbonyl (C=O) groups is 1. The molecule has 22 heavy (non-hydrogen) atoms. The van der Waals surface area contributed by atoms with Gasteiger partial charge in [0.1, 0.15) is 0 Å². The van der Waals surface area contributed by atoms with Gasteiger partial charge in [-0.3, -0.25) is 4.79 Å². The van der Waals surface area contributed by atoms with Crippen LogP contribution in [0.2, 0.25) is 25.1 Å². The number of anilines is 1. The summed E-state index contributed by atoms with van der Waals surface area (Å²) < 4.78 is 0. The average molecular weight is 396 g/mol. The molecule has 2 aromatic carbocycles. The van der Waals surface area contributed by atoms with E-state index in [1.54, 1.807) is 12.1 Å². The highest BCUT2D eigenvalue weighted by molar-refractivity contribution is 6.49. The number of carbonyl (C=O) groups excluding carboxylic acids is 1. The van der Waals surface area contributed by atoms with Crippen molar-refractivity contribution in [3.63, 3.8) is 0 Å². The Morgan fingerprint density at radius 1 is 1.00 bits per heavy atom. The van der Waals surface area contributed by atoms with Gasteiger partial charge >= 0.3 is 0 Å². The van der Waals surface area contributed by atoms with Gasteiger partial charge in [0, 0.05) is 18.9 Å². The number of nitrogens with one attached hydrogen (secondary N) is 1. The summed E-state index contributed by atoms with van der Waals surface area (Å²) in [5, 5.41) is 4.44. The van der Waals surface area contributed by atoms with Crippen molar-refractivity contribution in [3.8, 4) is 11.1 Å². The van der Waals surface area contributed by atoms with Crippen LogP contribution < -0.4 is 5.32 Å². The van der Waals surface area contributed by atoms with Gasteiger partial charge in [0.25, 0.3) is 0 Å². The van der Waals surface area contributed by atoms with E-state index in [2.05, 4.69) is 5.32 Å². The van der Waals surface area contributed by atoms with E-state index in [4.69, 9.17) is 58.0 Å². The number of fused-ring (bicyclic) bond motifs is 3. The molecule has 0 aromatic heterocycles. The maximum atomic E-state index is 11.3. The van der Waals surface area contributed by atoms with E-state index in [9.17, 15) is 4.79 Å². The number of halogens is 5. The minimum absolute atomic E-state index is 0.208. The van der Waals surface area contributed by atoms with Crippen molar-refractivity contribution in [1.82, 2.24) is 0 Å². The van der Waals surface area contributed by atoms with E-state index in [-0.39, 0.29) is 10.9 Å². The fourth-order valence-electron chi connectivity index (χ4n) is 2.60. The maximum absolute atomic E-state index is 11.3. The van der Waals surface area contributed by atoms with Crippen molar-refractivity contribution in [2.45, 2.75) is 13.3 Å². The van der Waals surface area contributed by atoms with Crippen LogP contribution in [0.1, 0.15) is 18.1 Å². The van der Waals surface area contributed by atoms with Crippen molar-refractivity contribution < 1.29 is 4.79 Å². The van der Waals surface area contributed by atoms with E-state index >= 15 is 0 Å². The van der Waals surface area contributed by atoms with Crippen LogP contribution in [0, 0.1) is 0 Å². The first kappa shape index (κ1) is 16.2. The molecular formula is C15H8Cl5NO. The Labute approximate surface area is 152 Å². The zero-order valence-corrected chi connectivity index (χ0v) is 14.9. The van der Waals surface area contributed by atoms with Crippen molar-refractivity contribution in [3.05, 3.63) is 48.4 Å². The maximum Gasteiger partial charge on any atom is 0.221 e.